The van der Waals surface area contributed by atoms with Crippen LogP contribution in [0.4, 0.5) is 24.7 Å². The summed E-state index contributed by atoms with van der Waals surface area (Å²) in [4.78, 5) is 25.0. The molecule has 0 radical (unpaired) electrons. The second kappa shape index (κ2) is 8.24. The molecule has 0 bridgehead atoms. The molecule has 0 unspecified atom stereocenters. The minimum absolute atomic E-state index is 0.0275. The minimum atomic E-state index is -4.53. The SMILES string of the molecule is CSc1nc(N2CCCC2)c2cc(C(=O)Nc3cc(C(F)(F)F)ccc3Cl)sc2n1. The minimum Gasteiger partial charge on any atom is -0.356 e. The van der Waals surface area contributed by atoms with Crippen LogP contribution in [0.25, 0.3) is 10.2 Å². The highest BCUT2D eigenvalue weighted by atomic mass is 35.5. The second-order valence-electron chi connectivity index (χ2n) is 6.70. The first-order valence-electron chi connectivity index (χ1n) is 9.05. The number of hydrogen-bond donors (Lipinski definition) is 1. The highest BCUT2D eigenvalue weighted by Crippen LogP contribution is 2.36. The number of anilines is 2. The van der Waals surface area contributed by atoms with Gasteiger partial charge in [-0.2, -0.15) is 13.2 Å². The van der Waals surface area contributed by atoms with E-state index in [1.54, 1.807) is 6.07 Å². The number of alkyl halides is 3. The molecule has 158 valence electrons. The molecule has 0 spiro atoms. The molecule has 5 nitrogen and oxygen atoms in total. The van der Waals surface area contributed by atoms with E-state index in [-0.39, 0.29) is 10.7 Å². The smallest absolute Gasteiger partial charge is 0.356 e. The maximum absolute atomic E-state index is 13.0. The summed E-state index contributed by atoms with van der Waals surface area (Å²) in [6.45, 7) is 1.77. The van der Waals surface area contributed by atoms with Gasteiger partial charge in [0, 0.05) is 13.1 Å². The van der Waals surface area contributed by atoms with Gasteiger partial charge in [0.25, 0.3) is 5.91 Å². The lowest BCUT2D eigenvalue weighted by Gasteiger charge is -2.17. The Balaban J connectivity index is 1.68. The van der Waals surface area contributed by atoms with Crippen LogP contribution < -0.4 is 10.2 Å². The van der Waals surface area contributed by atoms with Gasteiger partial charge < -0.3 is 10.2 Å². The number of amides is 1. The van der Waals surface area contributed by atoms with Crippen molar-refractivity contribution in [3.63, 3.8) is 0 Å². The Labute approximate surface area is 183 Å². The molecule has 0 aliphatic carbocycles. The Bertz CT molecular complexity index is 1110. The van der Waals surface area contributed by atoms with Crippen LogP contribution in [0.2, 0.25) is 5.02 Å². The fourth-order valence-corrected chi connectivity index (χ4v) is 4.75. The van der Waals surface area contributed by atoms with Crippen LogP contribution in [-0.4, -0.2) is 35.2 Å². The average Bonchev–Trinajstić information content (AvgIpc) is 3.37. The predicted octanol–water partition coefficient (Wildman–Crippen LogP) is 5.94. The molecule has 0 atom stereocenters. The summed E-state index contributed by atoms with van der Waals surface area (Å²) < 4.78 is 39.0. The lowest BCUT2D eigenvalue weighted by molar-refractivity contribution is -0.137. The normalized spacial score (nSPS) is 14.5. The molecule has 1 aliphatic rings. The van der Waals surface area contributed by atoms with Gasteiger partial charge in [0.1, 0.15) is 10.6 Å². The monoisotopic (exact) mass is 472 g/mol. The number of nitrogens with zero attached hydrogens (tertiary/aromatic N) is 3. The highest BCUT2D eigenvalue weighted by Gasteiger charge is 2.31. The van der Waals surface area contributed by atoms with Crippen molar-refractivity contribution in [3.8, 4) is 0 Å². The third kappa shape index (κ3) is 4.21. The third-order valence-electron chi connectivity index (χ3n) is 4.71. The summed E-state index contributed by atoms with van der Waals surface area (Å²) in [5, 5.41) is 3.89. The quantitative estimate of drug-likeness (QED) is 0.376. The van der Waals surface area contributed by atoms with Crippen molar-refractivity contribution >= 4 is 62.3 Å². The highest BCUT2D eigenvalue weighted by molar-refractivity contribution is 7.98. The van der Waals surface area contributed by atoms with E-state index in [1.807, 2.05) is 6.26 Å². The molecule has 0 saturated carbocycles. The third-order valence-corrected chi connectivity index (χ3v) is 6.61. The predicted molar refractivity (Wildman–Crippen MR) is 115 cm³/mol. The van der Waals surface area contributed by atoms with Crippen molar-refractivity contribution in [1.82, 2.24) is 9.97 Å². The largest absolute Gasteiger partial charge is 0.416 e. The van der Waals surface area contributed by atoms with Crippen LogP contribution in [0.5, 0.6) is 0 Å². The maximum Gasteiger partial charge on any atom is 0.416 e. The van der Waals surface area contributed by atoms with Crippen molar-refractivity contribution in [1.29, 1.82) is 0 Å². The first-order chi connectivity index (χ1) is 14.3. The van der Waals surface area contributed by atoms with Crippen LogP contribution in [0.15, 0.2) is 29.4 Å². The van der Waals surface area contributed by atoms with E-state index in [2.05, 4.69) is 20.2 Å². The Morgan fingerprint density at radius 1 is 1.23 bits per heavy atom. The molecule has 1 saturated heterocycles. The molecule has 11 heteroatoms. The van der Waals surface area contributed by atoms with Gasteiger partial charge >= 0.3 is 6.18 Å². The zero-order valence-corrected chi connectivity index (χ0v) is 18.1. The molecule has 1 amide bonds. The van der Waals surface area contributed by atoms with E-state index < -0.39 is 17.6 Å². The van der Waals surface area contributed by atoms with E-state index in [0.29, 0.717) is 14.9 Å². The molecule has 30 heavy (non-hydrogen) atoms. The fourth-order valence-electron chi connectivity index (χ4n) is 3.24. The number of thioether (sulfide) groups is 1. The van der Waals surface area contributed by atoms with Gasteiger partial charge in [0.15, 0.2) is 5.16 Å². The van der Waals surface area contributed by atoms with Crippen molar-refractivity contribution in [3.05, 3.63) is 39.7 Å². The lowest BCUT2D eigenvalue weighted by atomic mass is 10.2. The summed E-state index contributed by atoms with van der Waals surface area (Å²) in [5.74, 6) is 0.242. The van der Waals surface area contributed by atoms with E-state index in [0.717, 1.165) is 55.3 Å². The number of carbonyl (C=O) groups is 1. The number of halogens is 4. The summed E-state index contributed by atoms with van der Waals surface area (Å²) >= 11 is 8.59. The fraction of sp³-hybridized carbons (Fsp3) is 0.316. The van der Waals surface area contributed by atoms with Gasteiger partial charge in [0.05, 0.1) is 26.5 Å². The van der Waals surface area contributed by atoms with Gasteiger partial charge in [-0.3, -0.25) is 4.79 Å². The molecule has 1 aliphatic heterocycles. The van der Waals surface area contributed by atoms with Gasteiger partial charge in [0.2, 0.25) is 0 Å². The summed E-state index contributed by atoms with van der Waals surface area (Å²) in [6, 6.07) is 4.51. The van der Waals surface area contributed by atoms with E-state index in [4.69, 9.17) is 11.6 Å². The summed E-state index contributed by atoms with van der Waals surface area (Å²) in [6.07, 6.45) is -0.501. The number of nitrogens with one attached hydrogen (secondary N) is 1. The van der Waals surface area contributed by atoms with Crippen LogP contribution in [0.1, 0.15) is 28.1 Å². The molecule has 2 aromatic heterocycles. The van der Waals surface area contributed by atoms with Crippen LogP contribution >= 0.6 is 34.7 Å². The van der Waals surface area contributed by atoms with E-state index in [9.17, 15) is 18.0 Å². The van der Waals surface area contributed by atoms with Crippen LogP contribution in [-0.2, 0) is 6.18 Å². The zero-order chi connectivity index (χ0) is 21.5. The molecular weight excluding hydrogens is 457 g/mol. The number of hydrogen-bond acceptors (Lipinski definition) is 6. The van der Waals surface area contributed by atoms with Crippen LogP contribution in [0, 0.1) is 0 Å². The Morgan fingerprint density at radius 3 is 2.63 bits per heavy atom. The van der Waals surface area contributed by atoms with Crippen LogP contribution in [0.3, 0.4) is 0 Å². The van der Waals surface area contributed by atoms with Crippen molar-refractivity contribution < 1.29 is 18.0 Å². The average molecular weight is 473 g/mol. The Morgan fingerprint density at radius 2 is 1.97 bits per heavy atom. The summed E-state index contributed by atoms with van der Waals surface area (Å²) in [5.41, 5.74) is -0.977. The number of rotatable bonds is 4. The van der Waals surface area contributed by atoms with Gasteiger partial charge in [-0.05, 0) is 43.4 Å². The number of thiophene rings is 1. The first kappa shape index (κ1) is 21.2. The van der Waals surface area contributed by atoms with Crippen molar-refractivity contribution in [2.75, 3.05) is 29.6 Å². The molecule has 1 N–H and O–H groups in total. The summed E-state index contributed by atoms with van der Waals surface area (Å²) in [7, 11) is 0. The van der Waals surface area contributed by atoms with Gasteiger partial charge in [-0.1, -0.05) is 23.4 Å². The lowest BCUT2D eigenvalue weighted by Crippen LogP contribution is -2.19. The van der Waals surface area contributed by atoms with Crippen molar-refractivity contribution in [2.24, 2.45) is 0 Å². The molecular formula is C19H16ClF3N4OS2. The second-order valence-corrected chi connectivity index (χ2v) is 8.92. The van der Waals surface area contributed by atoms with E-state index >= 15 is 0 Å². The first-order valence-corrected chi connectivity index (χ1v) is 11.5. The van der Waals surface area contributed by atoms with Gasteiger partial charge in [-0.25, -0.2) is 9.97 Å². The number of carbonyl (C=O) groups excluding carboxylic acids is 1. The Hall–Kier alpha value is -2.04. The van der Waals surface area contributed by atoms with Gasteiger partial charge in [-0.15, -0.1) is 11.3 Å². The number of fused-ring (bicyclic) bond motifs is 1. The van der Waals surface area contributed by atoms with Crippen molar-refractivity contribution in [2.45, 2.75) is 24.2 Å². The molecule has 3 heterocycles. The van der Waals surface area contributed by atoms with E-state index in [1.165, 1.54) is 23.1 Å². The molecule has 3 aromatic rings. The number of aromatic nitrogens is 2. The molecule has 4 rings (SSSR count). The molecule has 1 fully saturated rings. The standard InChI is InChI=1S/C19H16ClF3N4OS2/c1-29-18-25-15(27-6-2-3-7-27)11-9-14(30-17(11)26-18)16(28)24-13-8-10(19(21,22)23)4-5-12(13)20/h4-5,8-9H,2-3,6-7H2,1H3,(H,24,28). The number of benzene rings is 1. The maximum atomic E-state index is 13.0. The molecule has 1 aromatic carbocycles. The Kier molecular flexibility index (Phi) is 5.82. The topological polar surface area (TPSA) is 58.1 Å². The zero-order valence-electron chi connectivity index (χ0n) is 15.7.